The van der Waals surface area contributed by atoms with Gasteiger partial charge < -0.3 is 34.1 Å². The number of esters is 2. The van der Waals surface area contributed by atoms with Crippen molar-refractivity contribution in [1.29, 1.82) is 0 Å². The molecule has 2 aliphatic carbocycles. The Labute approximate surface area is 310 Å². The van der Waals surface area contributed by atoms with Crippen molar-refractivity contribution < 1.29 is 43.6 Å². The summed E-state index contributed by atoms with van der Waals surface area (Å²) < 4.78 is 23.5. The maximum atomic E-state index is 14.1. The van der Waals surface area contributed by atoms with E-state index in [9.17, 15) is 19.8 Å². The summed E-state index contributed by atoms with van der Waals surface area (Å²) in [5.41, 5.74) is -1.34. The molecule has 0 aromatic heterocycles. The average molecular weight is 742 g/mol. The summed E-state index contributed by atoms with van der Waals surface area (Å²) in [6, 6.07) is 11.8. The maximum absolute atomic E-state index is 14.1. The molecule has 0 amide bonds. The van der Waals surface area contributed by atoms with Gasteiger partial charge in [-0.1, -0.05) is 55.8 Å². The lowest BCUT2D eigenvalue weighted by Crippen LogP contribution is -2.66. The van der Waals surface area contributed by atoms with Gasteiger partial charge in [-0.05, 0) is 68.3 Å². The Morgan fingerprint density at radius 2 is 1.87 bits per heavy atom. The van der Waals surface area contributed by atoms with Gasteiger partial charge in [-0.2, -0.15) is 0 Å². The molecule has 52 heavy (non-hydrogen) atoms. The van der Waals surface area contributed by atoms with Crippen LogP contribution in [-0.2, 0) is 29.5 Å². The molecular formula is C39H52ClN3O9. The number of carbonyl (C=O) groups is 2. The number of aliphatic hydroxyl groups is 2. The first-order valence-electron chi connectivity index (χ1n) is 18.1. The Morgan fingerprint density at radius 3 is 2.58 bits per heavy atom. The number of halogens is 1. The Morgan fingerprint density at radius 1 is 1.13 bits per heavy atom. The maximum Gasteiger partial charge on any atom is 0.323 e. The number of methoxy groups -OCH3 is 1. The molecule has 2 fully saturated rings. The SMILES string of the molecule is COc1ccccc1OCCN(C)CC(C)[C@@H]1CC[C@@H](C)[C@@]2(O)[C@@H]1C=C(C)[C@@H](OC(C)=O)[C@@H]2OC(=O)[C@@H]1C[C@@]2(O)c3cccc(Cl)c3N(C)O[C@H]2N1. The quantitative estimate of drug-likeness (QED) is 0.222. The van der Waals surface area contributed by atoms with Crippen LogP contribution in [0, 0.1) is 23.7 Å². The van der Waals surface area contributed by atoms with Crippen molar-refractivity contribution >= 4 is 29.2 Å². The number of nitrogens with zero attached hydrogens (tertiary/aromatic N) is 2. The van der Waals surface area contributed by atoms with Crippen molar-refractivity contribution in [3.63, 3.8) is 0 Å². The lowest BCUT2D eigenvalue weighted by molar-refractivity contribution is -0.225. The predicted molar refractivity (Wildman–Crippen MR) is 195 cm³/mol. The van der Waals surface area contributed by atoms with Gasteiger partial charge in [0.1, 0.15) is 23.9 Å². The fourth-order valence-electron chi connectivity index (χ4n) is 8.93. The van der Waals surface area contributed by atoms with Gasteiger partial charge >= 0.3 is 11.9 Å². The summed E-state index contributed by atoms with van der Waals surface area (Å²) in [6.45, 7) is 9.22. The fraction of sp³-hybridized carbons (Fsp3) is 0.590. The van der Waals surface area contributed by atoms with E-state index in [-0.39, 0.29) is 30.1 Å². The standard InChI is InChI=1S/C39H52ClN3O9/c1-22-19-28-26(23(2)21-42(5)17-18-49-32-14-9-8-13-31(32)48-7)16-15-24(3)39(28,47)35(34(22)50-25(4)44)51-36(45)30-20-38(46)27-11-10-12-29(40)33(27)43(6)52-37(38)41-30/h8-14,19,23-24,26,28,30,34-35,37,41,46-47H,15-18,20-21H2,1-7H3/t23?,24-,26+,28-,30+,34-,35+,37-,38-,39-/m1/s1. The second-order valence-corrected chi connectivity index (χ2v) is 15.5. The molecule has 4 aliphatic rings. The zero-order valence-corrected chi connectivity index (χ0v) is 31.8. The minimum atomic E-state index is -1.57. The van der Waals surface area contributed by atoms with E-state index in [0.717, 1.165) is 13.0 Å². The van der Waals surface area contributed by atoms with Crippen molar-refractivity contribution in [2.24, 2.45) is 23.7 Å². The highest BCUT2D eigenvalue weighted by Crippen LogP contribution is 2.53. The third-order valence-corrected chi connectivity index (χ3v) is 11.9. The van der Waals surface area contributed by atoms with Crippen LogP contribution in [0.2, 0.25) is 5.02 Å². The molecule has 13 heteroatoms. The number of benzene rings is 2. The second kappa shape index (κ2) is 15.2. The van der Waals surface area contributed by atoms with E-state index in [2.05, 4.69) is 24.2 Å². The highest BCUT2D eigenvalue weighted by Gasteiger charge is 2.62. The molecule has 0 bridgehead atoms. The van der Waals surface area contributed by atoms with Gasteiger partial charge in [0, 0.05) is 45.0 Å². The minimum absolute atomic E-state index is 0.0478. The molecule has 3 N–H and O–H groups in total. The lowest BCUT2D eigenvalue weighted by atomic mass is 9.55. The largest absolute Gasteiger partial charge is 0.493 e. The molecule has 0 spiro atoms. The molecule has 2 aliphatic heterocycles. The summed E-state index contributed by atoms with van der Waals surface area (Å²) >= 11 is 6.47. The van der Waals surface area contributed by atoms with Crippen LogP contribution in [0.5, 0.6) is 11.5 Å². The summed E-state index contributed by atoms with van der Waals surface area (Å²) in [5, 5.41) is 29.7. The number of anilines is 1. The van der Waals surface area contributed by atoms with Crippen molar-refractivity contribution in [3.8, 4) is 11.5 Å². The van der Waals surface area contributed by atoms with Gasteiger partial charge in [-0.25, -0.2) is 0 Å². The Kier molecular flexibility index (Phi) is 11.2. The molecule has 1 saturated heterocycles. The molecule has 284 valence electrons. The van der Waals surface area contributed by atoms with Crippen molar-refractivity contribution in [2.75, 3.05) is 46.0 Å². The molecule has 10 atom stereocenters. The van der Waals surface area contributed by atoms with Crippen LogP contribution in [0.3, 0.4) is 0 Å². The first-order valence-corrected chi connectivity index (χ1v) is 18.5. The van der Waals surface area contributed by atoms with Crippen LogP contribution in [0.4, 0.5) is 5.69 Å². The average Bonchev–Trinajstić information content (AvgIpc) is 3.45. The number of likely N-dealkylation sites (N-methyl/N-ethyl adjacent to an activating group) is 1. The van der Waals surface area contributed by atoms with E-state index in [1.165, 1.54) is 12.0 Å². The molecule has 2 aromatic rings. The van der Waals surface area contributed by atoms with E-state index in [1.54, 1.807) is 32.4 Å². The highest BCUT2D eigenvalue weighted by molar-refractivity contribution is 6.33. The van der Waals surface area contributed by atoms with Crippen LogP contribution < -0.4 is 19.9 Å². The third kappa shape index (κ3) is 7.01. The predicted octanol–water partition coefficient (Wildman–Crippen LogP) is 4.45. The minimum Gasteiger partial charge on any atom is -0.493 e. The Hall–Kier alpha value is -3.39. The van der Waals surface area contributed by atoms with Gasteiger partial charge in [0.15, 0.2) is 29.9 Å². The molecule has 1 unspecified atom stereocenters. The van der Waals surface area contributed by atoms with Crippen molar-refractivity contribution in [1.82, 2.24) is 10.2 Å². The van der Waals surface area contributed by atoms with Crippen LogP contribution in [0.25, 0.3) is 0 Å². The first-order chi connectivity index (χ1) is 24.7. The van der Waals surface area contributed by atoms with Gasteiger partial charge in [-0.3, -0.25) is 24.8 Å². The van der Waals surface area contributed by atoms with Gasteiger partial charge in [0.25, 0.3) is 0 Å². The molecule has 0 radical (unpaired) electrons. The topological polar surface area (TPSA) is 139 Å². The number of rotatable bonds is 11. The smallest absolute Gasteiger partial charge is 0.323 e. The molecule has 1 saturated carbocycles. The van der Waals surface area contributed by atoms with E-state index in [0.29, 0.717) is 52.9 Å². The van der Waals surface area contributed by atoms with E-state index >= 15 is 0 Å². The van der Waals surface area contributed by atoms with Gasteiger partial charge in [0.05, 0.1) is 17.8 Å². The van der Waals surface area contributed by atoms with Crippen molar-refractivity contribution in [2.45, 2.75) is 82.6 Å². The monoisotopic (exact) mass is 741 g/mol. The third-order valence-electron chi connectivity index (χ3n) is 11.6. The van der Waals surface area contributed by atoms with Crippen LogP contribution >= 0.6 is 11.6 Å². The number of para-hydroxylation sites is 3. The van der Waals surface area contributed by atoms with Gasteiger partial charge in [0.2, 0.25) is 0 Å². The summed E-state index contributed by atoms with van der Waals surface area (Å²) in [5.74, 6) is -0.295. The number of fused-ring (bicyclic) bond motifs is 4. The zero-order chi connectivity index (χ0) is 37.5. The molecule has 6 rings (SSSR count). The zero-order valence-electron chi connectivity index (χ0n) is 31.0. The highest BCUT2D eigenvalue weighted by atomic mass is 35.5. The van der Waals surface area contributed by atoms with Crippen LogP contribution in [0.15, 0.2) is 54.1 Å². The molecule has 12 nitrogen and oxygen atoms in total. The van der Waals surface area contributed by atoms with E-state index in [1.807, 2.05) is 44.2 Å². The normalized spacial score (nSPS) is 32.9. The number of hydroxylamine groups is 1. The van der Waals surface area contributed by atoms with E-state index < -0.39 is 47.6 Å². The Bertz CT molecular complexity index is 1680. The van der Waals surface area contributed by atoms with Crippen molar-refractivity contribution in [3.05, 3.63) is 64.7 Å². The first kappa shape index (κ1) is 38.3. The summed E-state index contributed by atoms with van der Waals surface area (Å²) in [4.78, 5) is 34.7. The number of hydrogen-bond acceptors (Lipinski definition) is 12. The molecule has 2 heterocycles. The lowest BCUT2D eigenvalue weighted by Gasteiger charge is -2.56. The summed E-state index contributed by atoms with van der Waals surface area (Å²) in [7, 11) is 5.36. The number of nitrogens with one attached hydrogen (secondary N) is 1. The Balaban J connectivity index is 1.20. The fourth-order valence-corrected chi connectivity index (χ4v) is 9.22. The number of carbonyl (C=O) groups excluding carboxylic acids is 2. The van der Waals surface area contributed by atoms with Crippen LogP contribution in [0.1, 0.15) is 52.5 Å². The van der Waals surface area contributed by atoms with E-state index in [4.69, 9.17) is 35.4 Å². The molecular weight excluding hydrogens is 690 g/mol. The number of hydrogen-bond donors (Lipinski definition) is 3. The van der Waals surface area contributed by atoms with Crippen LogP contribution in [-0.4, -0.2) is 98.0 Å². The number of ether oxygens (including phenoxy) is 4. The van der Waals surface area contributed by atoms with Gasteiger partial charge in [-0.15, -0.1) is 0 Å². The molecule has 2 aromatic carbocycles. The second-order valence-electron chi connectivity index (χ2n) is 15.1. The summed E-state index contributed by atoms with van der Waals surface area (Å²) in [6.07, 6.45) is 0.414.